The van der Waals surface area contributed by atoms with E-state index in [1.54, 1.807) is 0 Å². The lowest BCUT2D eigenvalue weighted by Crippen LogP contribution is -2.24. The molecule has 19 heavy (non-hydrogen) atoms. The molecule has 102 valence electrons. The Kier molecular flexibility index (Phi) is 3.21. The van der Waals surface area contributed by atoms with Crippen LogP contribution in [-0.4, -0.2) is 23.5 Å². The number of carboxylic acid groups (broad SMARTS) is 1. The van der Waals surface area contributed by atoms with Crippen LogP contribution in [0.25, 0.3) is 0 Å². The molecular weight excluding hydrogens is 263 g/mol. The molecule has 0 spiro atoms. The number of benzene rings is 1. The van der Waals surface area contributed by atoms with Crippen LogP contribution in [0.4, 0.5) is 18.9 Å². The van der Waals surface area contributed by atoms with Gasteiger partial charge < -0.3 is 10.0 Å². The SMILES string of the molecule is O=C(O)c1cc(N2CCCC2=O)cc(C(F)(F)F)c1. The quantitative estimate of drug-likeness (QED) is 0.900. The number of hydrogen-bond donors (Lipinski definition) is 1. The number of carboxylic acids is 1. The van der Waals surface area contributed by atoms with Crippen molar-refractivity contribution >= 4 is 17.6 Å². The Balaban J connectivity index is 2.51. The van der Waals surface area contributed by atoms with E-state index in [0.29, 0.717) is 19.0 Å². The molecule has 2 rings (SSSR count). The van der Waals surface area contributed by atoms with E-state index < -0.39 is 23.3 Å². The number of rotatable bonds is 2. The number of halogens is 3. The Morgan fingerprint density at radius 1 is 1.26 bits per heavy atom. The fourth-order valence-corrected chi connectivity index (χ4v) is 1.98. The number of amides is 1. The first-order valence-electron chi connectivity index (χ1n) is 5.55. The molecule has 0 aliphatic carbocycles. The van der Waals surface area contributed by atoms with Crippen molar-refractivity contribution < 1.29 is 27.9 Å². The molecule has 7 heteroatoms. The van der Waals surface area contributed by atoms with Crippen molar-refractivity contribution in [2.45, 2.75) is 19.0 Å². The number of alkyl halides is 3. The molecule has 0 saturated carbocycles. The van der Waals surface area contributed by atoms with Crippen LogP contribution in [-0.2, 0) is 11.0 Å². The molecular formula is C12H10F3NO3. The average Bonchev–Trinajstić information content (AvgIpc) is 2.73. The smallest absolute Gasteiger partial charge is 0.416 e. The minimum absolute atomic E-state index is 0.0188. The van der Waals surface area contributed by atoms with E-state index in [4.69, 9.17) is 5.11 Å². The van der Waals surface area contributed by atoms with Gasteiger partial charge in [0, 0.05) is 18.7 Å². The second kappa shape index (κ2) is 4.56. The van der Waals surface area contributed by atoms with Gasteiger partial charge in [-0.05, 0) is 24.6 Å². The van der Waals surface area contributed by atoms with E-state index in [0.717, 1.165) is 12.1 Å². The lowest BCUT2D eigenvalue weighted by Gasteiger charge is -2.18. The summed E-state index contributed by atoms with van der Waals surface area (Å²) in [6, 6.07) is 2.45. The second-order valence-corrected chi connectivity index (χ2v) is 4.22. The lowest BCUT2D eigenvalue weighted by atomic mass is 10.1. The van der Waals surface area contributed by atoms with Crippen LogP contribution in [0.3, 0.4) is 0 Å². The van der Waals surface area contributed by atoms with E-state index in [1.807, 2.05) is 0 Å². The summed E-state index contributed by atoms with van der Waals surface area (Å²) in [6.07, 6.45) is -3.83. The molecule has 0 radical (unpaired) electrons. The molecule has 1 aromatic rings. The summed E-state index contributed by atoms with van der Waals surface area (Å²) in [6.45, 7) is 0.305. The zero-order valence-electron chi connectivity index (χ0n) is 9.70. The van der Waals surface area contributed by atoms with Gasteiger partial charge >= 0.3 is 12.1 Å². The third kappa shape index (κ3) is 2.69. The predicted octanol–water partition coefficient (Wildman–Crippen LogP) is 2.53. The van der Waals surface area contributed by atoms with Crippen molar-refractivity contribution in [2.24, 2.45) is 0 Å². The second-order valence-electron chi connectivity index (χ2n) is 4.22. The molecule has 4 nitrogen and oxygen atoms in total. The maximum absolute atomic E-state index is 12.7. The van der Waals surface area contributed by atoms with Crippen LogP contribution in [0.5, 0.6) is 0 Å². The minimum atomic E-state index is -4.65. The molecule has 1 aromatic carbocycles. The van der Waals surface area contributed by atoms with Gasteiger partial charge in [-0.2, -0.15) is 13.2 Å². The average molecular weight is 273 g/mol. The highest BCUT2D eigenvalue weighted by Gasteiger charge is 2.33. The number of aromatic carboxylic acids is 1. The van der Waals surface area contributed by atoms with Gasteiger partial charge in [0.25, 0.3) is 0 Å². The van der Waals surface area contributed by atoms with E-state index in [9.17, 15) is 22.8 Å². The van der Waals surface area contributed by atoms with Gasteiger partial charge in [-0.15, -0.1) is 0 Å². The first kappa shape index (κ1) is 13.4. The van der Waals surface area contributed by atoms with Crippen LogP contribution in [0, 0.1) is 0 Å². The van der Waals surface area contributed by atoms with Crippen molar-refractivity contribution in [1.82, 2.24) is 0 Å². The molecule has 1 N–H and O–H groups in total. The van der Waals surface area contributed by atoms with E-state index in [1.165, 1.54) is 4.90 Å². The molecule has 0 aromatic heterocycles. The molecule has 1 heterocycles. The molecule has 0 unspecified atom stereocenters. The summed E-state index contributed by atoms with van der Waals surface area (Å²) < 4.78 is 38.1. The predicted molar refractivity (Wildman–Crippen MR) is 60.0 cm³/mol. The third-order valence-corrected chi connectivity index (χ3v) is 2.88. The van der Waals surface area contributed by atoms with E-state index in [2.05, 4.69) is 0 Å². The van der Waals surface area contributed by atoms with E-state index >= 15 is 0 Å². The minimum Gasteiger partial charge on any atom is -0.478 e. The third-order valence-electron chi connectivity index (χ3n) is 2.88. The van der Waals surface area contributed by atoms with Gasteiger partial charge in [0.1, 0.15) is 0 Å². The largest absolute Gasteiger partial charge is 0.478 e. The van der Waals surface area contributed by atoms with Crippen LogP contribution < -0.4 is 4.90 Å². The summed E-state index contributed by atoms with van der Waals surface area (Å²) >= 11 is 0. The van der Waals surface area contributed by atoms with Crippen molar-refractivity contribution in [1.29, 1.82) is 0 Å². The Labute approximate surface area is 106 Å². The Bertz CT molecular complexity index is 540. The number of nitrogens with zero attached hydrogens (tertiary/aromatic N) is 1. The highest BCUT2D eigenvalue weighted by atomic mass is 19.4. The molecule has 1 amide bonds. The zero-order valence-corrected chi connectivity index (χ0v) is 9.70. The molecule has 1 fully saturated rings. The zero-order chi connectivity index (χ0) is 14.2. The van der Waals surface area contributed by atoms with Crippen LogP contribution in [0.1, 0.15) is 28.8 Å². The van der Waals surface area contributed by atoms with Crippen molar-refractivity contribution in [3.8, 4) is 0 Å². The fourth-order valence-electron chi connectivity index (χ4n) is 1.98. The Morgan fingerprint density at radius 2 is 1.95 bits per heavy atom. The van der Waals surface area contributed by atoms with Gasteiger partial charge in [-0.1, -0.05) is 0 Å². The molecule has 0 atom stereocenters. The normalized spacial score (nSPS) is 15.9. The van der Waals surface area contributed by atoms with Crippen molar-refractivity contribution in [2.75, 3.05) is 11.4 Å². The fraction of sp³-hybridized carbons (Fsp3) is 0.333. The van der Waals surface area contributed by atoms with Crippen LogP contribution in [0.2, 0.25) is 0 Å². The number of carbonyl (C=O) groups excluding carboxylic acids is 1. The number of anilines is 1. The van der Waals surface area contributed by atoms with E-state index in [-0.39, 0.29) is 18.0 Å². The van der Waals surface area contributed by atoms with Gasteiger partial charge in [-0.25, -0.2) is 4.79 Å². The highest BCUT2D eigenvalue weighted by Crippen LogP contribution is 2.34. The molecule has 1 saturated heterocycles. The maximum Gasteiger partial charge on any atom is 0.416 e. The first-order valence-corrected chi connectivity index (χ1v) is 5.55. The molecule has 1 aliphatic heterocycles. The number of hydrogen-bond acceptors (Lipinski definition) is 2. The van der Waals surface area contributed by atoms with Crippen LogP contribution in [0.15, 0.2) is 18.2 Å². The van der Waals surface area contributed by atoms with Gasteiger partial charge in [0.05, 0.1) is 11.1 Å². The summed E-state index contributed by atoms with van der Waals surface area (Å²) in [5.74, 6) is -1.75. The van der Waals surface area contributed by atoms with Gasteiger partial charge in [0.15, 0.2) is 0 Å². The monoisotopic (exact) mass is 273 g/mol. The van der Waals surface area contributed by atoms with Crippen molar-refractivity contribution in [3.05, 3.63) is 29.3 Å². The Morgan fingerprint density at radius 3 is 2.42 bits per heavy atom. The van der Waals surface area contributed by atoms with Gasteiger partial charge in [-0.3, -0.25) is 4.79 Å². The summed E-state index contributed by atoms with van der Waals surface area (Å²) in [5.41, 5.74) is -1.57. The van der Waals surface area contributed by atoms with Crippen LogP contribution >= 0.6 is 0 Å². The lowest BCUT2D eigenvalue weighted by molar-refractivity contribution is -0.137. The van der Waals surface area contributed by atoms with Crippen molar-refractivity contribution in [3.63, 3.8) is 0 Å². The standard InChI is InChI=1S/C12H10F3NO3/c13-12(14,15)8-4-7(11(18)19)5-9(6-8)16-3-1-2-10(16)17/h4-6H,1-3H2,(H,18,19). The summed E-state index contributed by atoms with van der Waals surface area (Å²) in [5, 5.41) is 8.84. The summed E-state index contributed by atoms with van der Waals surface area (Å²) in [4.78, 5) is 23.6. The molecule has 1 aliphatic rings. The first-order chi connectivity index (χ1) is 8.79. The topological polar surface area (TPSA) is 57.6 Å². The number of carbonyl (C=O) groups is 2. The summed E-state index contributed by atoms with van der Waals surface area (Å²) in [7, 11) is 0. The Hall–Kier alpha value is -2.05. The maximum atomic E-state index is 12.7. The van der Waals surface area contributed by atoms with Gasteiger partial charge in [0.2, 0.25) is 5.91 Å². The molecule has 0 bridgehead atoms. The highest BCUT2D eigenvalue weighted by molar-refractivity contribution is 5.97.